The SMILES string of the molecule is CN(C)C(=O)[C@]12CCO[C@H]1CCN(Cc1nccs1)C2. The number of hydrogen-bond acceptors (Lipinski definition) is 5. The Morgan fingerprint density at radius 2 is 2.50 bits per heavy atom. The molecule has 2 aliphatic heterocycles. The number of thiazole rings is 1. The summed E-state index contributed by atoms with van der Waals surface area (Å²) in [6.07, 6.45) is 3.70. The number of rotatable bonds is 3. The van der Waals surface area contributed by atoms with E-state index in [1.165, 1.54) is 0 Å². The molecule has 2 saturated heterocycles. The molecule has 3 rings (SSSR count). The Labute approximate surface area is 123 Å². The molecule has 1 aromatic heterocycles. The third-order valence-electron chi connectivity index (χ3n) is 4.37. The fourth-order valence-corrected chi connectivity index (χ4v) is 4.09. The van der Waals surface area contributed by atoms with E-state index in [2.05, 4.69) is 9.88 Å². The Kier molecular flexibility index (Phi) is 3.79. The molecule has 0 bridgehead atoms. The van der Waals surface area contributed by atoms with Gasteiger partial charge in [0.1, 0.15) is 5.01 Å². The Balaban J connectivity index is 1.77. The molecule has 2 atom stereocenters. The van der Waals surface area contributed by atoms with Crippen molar-refractivity contribution in [3.8, 4) is 0 Å². The highest BCUT2D eigenvalue weighted by Crippen LogP contribution is 2.42. The minimum atomic E-state index is -0.348. The quantitative estimate of drug-likeness (QED) is 0.841. The van der Waals surface area contributed by atoms with Crippen LogP contribution in [0.5, 0.6) is 0 Å². The van der Waals surface area contributed by atoms with Gasteiger partial charge in [-0.1, -0.05) is 0 Å². The number of likely N-dealkylation sites (tertiary alicyclic amines) is 1. The van der Waals surface area contributed by atoms with E-state index in [4.69, 9.17) is 4.74 Å². The largest absolute Gasteiger partial charge is 0.377 e. The van der Waals surface area contributed by atoms with Crippen LogP contribution in [-0.4, -0.2) is 60.6 Å². The molecule has 0 saturated carbocycles. The fraction of sp³-hybridized carbons (Fsp3) is 0.714. The van der Waals surface area contributed by atoms with Crippen LogP contribution in [0.1, 0.15) is 17.8 Å². The number of nitrogens with zero attached hydrogens (tertiary/aromatic N) is 3. The predicted molar refractivity (Wildman–Crippen MR) is 77.5 cm³/mol. The zero-order valence-electron chi connectivity index (χ0n) is 12.0. The summed E-state index contributed by atoms with van der Waals surface area (Å²) in [6.45, 7) is 3.31. The molecule has 1 aromatic rings. The monoisotopic (exact) mass is 295 g/mol. The summed E-state index contributed by atoms with van der Waals surface area (Å²) in [5.74, 6) is 0.212. The van der Waals surface area contributed by atoms with Crippen LogP contribution in [0, 0.1) is 5.41 Å². The summed E-state index contributed by atoms with van der Waals surface area (Å²) in [5, 5.41) is 3.12. The van der Waals surface area contributed by atoms with Crippen molar-refractivity contribution in [3.63, 3.8) is 0 Å². The molecule has 0 spiro atoms. The maximum absolute atomic E-state index is 12.7. The molecule has 0 N–H and O–H groups in total. The van der Waals surface area contributed by atoms with Crippen LogP contribution in [0.3, 0.4) is 0 Å². The second-order valence-electron chi connectivity index (χ2n) is 5.89. The fourth-order valence-electron chi connectivity index (χ4n) is 3.44. The van der Waals surface area contributed by atoms with Crippen LogP contribution in [-0.2, 0) is 16.1 Å². The number of fused-ring (bicyclic) bond motifs is 1. The molecule has 0 aromatic carbocycles. The number of hydrogen-bond donors (Lipinski definition) is 0. The van der Waals surface area contributed by atoms with E-state index in [0.717, 1.165) is 37.5 Å². The van der Waals surface area contributed by atoms with Crippen molar-refractivity contribution in [2.75, 3.05) is 33.8 Å². The number of piperidine rings is 1. The van der Waals surface area contributed by atoms with E-state index in [9.17, 15) is 4.79 Å². The van der Waals surface area contributed by atoms with Gasteiger partial charge in [-0.25, -0.2) is 4.98 Å². The van der Waals surface area contributed by atoms with Crippen LogP contribution < -0.4 is 0 Å². The molecule has 110 valence electrons. The van der Waals surface area contributed by atoms with Crippen molar-refractivity contribution in [2.45, 2.75) is 25.5 Å². The minimum absolute atomic E-state index is 0.0879. The standard InChI is InChI=1S/C14H21N3O2S/c1-16(2)13(18)14-4-7-19-11(14)3-6-17(10-14)9-12-15-5-8-20-12/h5,8,11H,3-4,6-7,9-10H2,1-2H3/t11-,14-/m0/s1. The van der Waals surface area contributed by atoms with Crippen LogP contribution >= 0.6 is 11.3 Å². The van der Waals surface area contributed by atoms with Gasteiger partial charge in [-0.2, -0.15) is 0 Å². The molecular weight excluding hydrogens is 274 g/mol. The number of aromatic nitrogens is 1. The molecule has 0 aliphatic carbocycles. The lowest BCUT2D eigenvalue weighted by Crippen LogP contribution is -2.56. The molecule has 3 heterocycles. The number of ether oxygens (including phenoxy) is 1. The van der Waals surface area contributed by atoms with Crippen molar-refractivity contribution in [3.05, 3.63) is 16.6 Å². The third-order valence-corrected chi connectivity index (χ3v) is 5.14. The lowest BCUT2D eigenvalue weighted by atomic mass is 9.75. The van der Waals surface area contributed by atoms with Gasteiger partial charge in [0, 0.05) is 45.4 Å². The number of carbonyl (C=O) groups excluding carboxylic acids is 1. The highest BCUT2D eigenvalue weighted by Gasteiger charge is 2.53. The summed E-state index contributed by atoms with van der Waals surface area (Å²) in [7, 11) is 3.68. The molecule has 20 heavy (non-hydrogen) atoms. The summed E-state index contributed by atoms with van der Waals surface area (Å²) in [6, 6.07) is 0. The van der Waals surface area contributed by atoms with E-state index in [0.29, 0.717) is 6.61 Å². The van der Waals surface area contributed by atoms with E-state index in [-0.39, 0.29) is 17.4 Å². The van der Waals surface area contributed by atoms with Gasteiger partial charge in [0.05, 0.1) is 18.1 Å². The minimum Gasteiger partial charge on any atom is -0.377 e. The van der Waals surface area contributed by atoms with E-state index < -0.39 is 0 Å². The van der Waals surface area contributed by atoms with Crippen molar-refractivity contribution < 1.29 is 9.53 Å². The topological polar surface area (TPSA) is 45.7 Å². The van der Waals surface area contributed by atoms with Gasteiger partial charge < -0.3 is 9.64 Å². The molecule has 2 fully saturated rings. The predicted octanol–water partition coefficient (Wildman–Crippen LogP) is 1.21. The molecule has 0 unspecified atom stereocenters. The normalized spacial score (nSPS) is 30.2. The van der Waals surface area contributed by atoms with Gasteiger partial charge >= 0.3 is 0 Å². The first-order chi connectivity index (χ1) is 9.62. The van der Waals surface area contributed by atoms with Gasteiger partial charge in [-0.15, -0.1) is 11.3 Å². The highest BCUT2D eigenvalue weighted by atomic mass is 32.1. The molecule has 5 nitrogen and oxygen atoms in total. The zero-order valence-corrected chi connectivity index (χ0v) is 12.9. The third kappa shape index (κ3) is 2.36. The van der Waals surface area contributed by atoms with Crippen LogP contribution in [0.15, 0.2) is 11.6 Å². The van der Waals surface area contributed by atoms with Gasteiger partial charge in [0.15, 0.2) is 0 Å². The van der Waals surface area contributed by atoms with Crippen LogP contribution in [0.25, 0.3) is 0 Å². The maximum atomic E-state index is 12.7. The highest BCUT2D eigenvalue weighted by molar-refractivity contribution is 7.09. The second-order valence-corrected chi connectivity index (χ2v) is 6.87. The lowest BCUT2D eigenvalue weighted by Gasteiger charge is -2.43. The lowest BCUT2D eigenvalue weighted by molar-refractivity contribution is -0.148. The first-order valence-corrected chi connectivity index (χ1v) is 7.94. The molecular formula is C14H21N3O2S. The Morgan fingerprint density at radius 3 is 3.20 bits per heavy atom. The van der Waals surface area contributed by atoms with E-state index in [1.54, 1.807) is 16.2 Å². The van der Waals surface area contributed by atoms with E-state index in [1.807, 2.05) is 25.7 Å². The Morgan fingerprint density at radius 1 is 1.65 bits per heavy atom. The summed E-state index contributed by atoms with van der Waals surface area (Å²) < 4.78 is 5.83. The average Bonchev–Trinajstić information content (AvgIpc) is 3.06. The maximum Gasteiger partial charge on any atom is 0.232 e. The van der Waals surface area contributed by atoms with Crippen molar-refractivity contribution in [1.29, 1.82) is 0 Å². The number of carbonyl (C=O) groups is 1. The molecule has 2 aliphatic rings. The van der Waals surface area contributed by atoms with Gasteiger partial charge in [-0.05, 0) is 12.8 Å². The Hall–Kier alpha value is -0.980. The van der Waals surface area contributed by atoms with Gasteiger partial charge in [0.25, 0.3) is 0 Å². The number of amides is 1. The van der Waals surface area contributed by atoms with Gasteiger partial charge in [0.2, 0.25) is 5.91 Å². The summed E-state index contributed by atoms with van der Waals surface area (Å²) >= 11 is 1.68. The van der Waals surface area contributed by atoms with Crippen LogP contribution in [0.4, 0.5) is 0 Å². The first-order valence-electron chi connectivity index (χ1n) is 7.06. The Bertz CT molecular complexity index is 477. The van der Waals surface area contributed by atoms with E-state index >= 15 is 0 Å². The second kappa shape index (κ2) is 5.42. The average molecular weight is 295 g/mol. The van der Waals surface area contributed by atoms with Crippen molar-refractivity contribution in [1.82, 2.24) is 14.8 Å². The molecule has 1 amide bonds. The van der Waals surface area contributed by atoms with Gasteiger partial charge in [-0.3, -0.25) is 9.69 Å². The van der Waals surface area contributed by atoms with Crippen molar-refractivity contribution >= 4 is 17.2 Å². The van der Waals surface area contributed by atoms with Crippen LogP contribution in [0.2, 0.25) is 0 Å². The smallest absolute Gasteiger partial charge is 0.232 e. The molecule has 6 heteroatoms. The first kappa shape index (κ1) is 14.0. The molecule has 0 radical (unpaired) electrons. The summed E-state index contributed by atoms with van der Waals surface area (Å²) in [4.78, 5) is 21.1. The zero-order chi connectivity index (χ0) is 14.2. The summed E-state index contributed by atoms with van der Waals surface area (Å²) in [5.41, 5.74) is -0.348. The van der Waals surface area contributed by atoms with Crippen molar-refractivity contribution in [2.24, 2.45) is 5.41 Å².